The Labute approximate surface area is 179 Å². The fraction of sp³-hybridized carbons (Fsp3) is 0.810. The molecule has 2 unspecified atom stereocenters. The van der Waals surface area contributed by atoms with Crippen LogP contribution in [-0.4, -0.2) is 91.0 Å². The van der Waals surface area contributed by atoms with E-state index in [1.807, 2.05) is 0 Å². The minimum Gasteiger partial charge on any atom is -0.378 e. The highest BCUT2D eigenvalue weighted by atomic mass is 16.5. The second-order valence-corrected chi connectivity index (χ2v) is 8.61. The lowest BCUT2D eigenvalue weighted by molar-refractivity contribution is 0.122. The Morgan fingerprint density at radius 2 is 1.43 bits per heavy atom. The smallest absolute Gasteiger partial charge is 0.232 e. The lowest BCUT2D eigenvalue weighted by Gasteiger charge is -2.40. The van der Waals surface area contributed by atoms with Crippen LogP contribution < -0.4 is 14.7 Å². The molecule has 164 valence electrons. The predicted octanol–water partition coefficient (Wildman–Crippen LogP) is 1.51. The van der Waals surface area contributed by atoms with Gasteiger partial charge in [0.25, 0.3) is 0 Å². The van der Waals surface area contributed by atoms with Crippen molar-refractivity contribution >= 4 is 17.8 Å². The van der Waals surface area contributed by atoms with Crippen molar-refractivity contribution < 1.29 is 4.74 Å². The van der Waals surface area contributed by atoms with Gasteiger partial charge in [0, 0.05) is 64.3 Å². The van der Waals surface area contributed by atoms with Gasteiger partial charge in [-0.2, -0.15) is 20.2 Å². The molecule has 0 N–H and O–H groups in total. The maximum atomic E-state index is 8.85. The number of hydrogen-bond donors (Lipinski definition) is 0. The number of rotatable bonds is 5. The Morgan fingerprint density at radius 1 is 0.867 bits per heavy atom. The fourth-order valence-corrected chi connectivity index (χ4v) is 4.70. The third kappa shape index (κ3) is 4.76. The molecule has 9 heteroatoms. The van der Waals surface area contributed by atoms with E-state index in [1.165, 1.54) is 19.3 Å². The average molecular weight is 415 g/mol. The first-order valence-electron chi connectivity index (χ1n) is 11.4. The van der Waals surface area contributed by atoms with Crippen LogP contribution in [0.1, 0.15) is 39.5 Å². The Balaban J connectivity index is 1.58. The summed E-state index contributed by atoms with van der Waals surface area (Å²) in [6, 6.07) is 3.11. The molecule has 0 aliphatic carbocycles. The fourth-order valence-electron chi connectivity index (χ4n) is 4.70. The quantitative estimate of drug-likeness (QED) is 0.712. The van der Waals surface area contributed by atoms with E-state index in [-0.39, 0.29) is 0 Å². The molecule has 1 aromatic heterocycles. The normalized spacial score (nSPS) is 26.0. The van der Waals surface area contributed by atoms with Gasteiger partial charge in [0.05, 0.1) is 19.3 Å². The molecule has 3 fully saturated rings. The molecule has 0 bridgehead atoms. The lowest BCUT2D eigenvalue weighted by Crippen LogP contribution is -2.48. The van der Waals surface area contributed by atoms with Crippen LogP contribution in [0.25, 0.3) is 0 Å². The number of ether oxygens (including phenoxy) is 1. The van der Waals surface area contributed by atoms with E-state index in [2.05, 4.69) is 39.5 Å². The number of hydrogen-bond acceptors (Lipinski definition) is 9. The largest absolute Gasteiger partial charge is 0.378 e. The van der Waals surface area contributed by atoms with Gasteiger partial charge in [-0.3, -0.25) is 4.90 Å². The predicted molar refractivity (Wildman–Crippen MR) is 117 cm³/mol. The molecule has 0 aromatic carbocycles. The molecule has 0 radical (unpaired) electrons. The molecule has 4 heterocycles. The molecule has 30 heavy (non-hydrogen) atoms. The van der Waals surface area contributed by atoms with E-state index in [0.717, 1.165) is 63.7 Å². The average Bonchev–Trinajstić information content (AvgIpc) is 2.78. The zero-order chi connectivity index (χ0) is 20.9. The van der Waals surface area contributed by atoms with Gasteiger partial charge in [-0.25, -0.2) is 0 Å². The first kappa shape index (κ1) is 21.1. The first-order chi connectivity index (χ1) is 14.7. The first-order valence-corrected chi connectivity index (χ1v) is 11.4. The number of nitrogens with zero attached hydrogens (tertiary/aromatic N) is 8. The lowest BCUT2D eigenvalue weighted by atomic mass is 9.98. The zero-order valence-corrected chi connectivity index (χ0v) is 18.3. The van der Waals surface area contributed by atoms with Crippen molar-refractivity contribution in [1.29, 1.82) is 5.26 Å². The van der Waals surface area contributed by atoms with Gasteiger partial charge in [0.15, 0.2) is 0 Å². The summed E-state index contributed by atoms with van der Waals surface area (Å²) in [7, 11) is 0. The summed E-state index contributed by atoms with van der Waals surface area (Å²) in [5.41, 5.74) is 0. The third-order valence-electron chi connectivity index (χ3n) is 6.51. The van der Waals surface area contributed by atoms with Crippen LogP contribution in [-0.2, 0) is 4.74 Å². The van der Waals surface area contributed by atoms with Crippen LogP contribution in [0.5, 0.6) is 0 Å². The molecule has 0 amide bonds. The summed E-state index contributed by atoms with van der Waals surface area (Å²) in [6.07, 6.45) is 4.20. The SMILES string of the molecule is CC1CCCC(C)N1c1nc(N2CCOCC2)nc(N2CCN(CCC#N)CC2)n1. The van der Waals surface area contributed by atoms with Crippen LogP contribution in [0.15, 0.2) is 0 Å². The Kier molecular flexibility index (Phi) is 6.85. The summed E-state index contributed by atoms with van der Waals surface area (Å²) in [5.74, 6) is 2.37. The molecular formula is C21H34N8O. The van der Waals surface area contributed by atoms with E-state index in [9.17, 15) is 0 Å². The van der Waals surface area contributed by atoms with Gasteiger partial charge in [0.2, 0.25) is 17.8 Å². The van der Waals surface area contributed by atoms with Gasteiger partial charge < -0.3 is 19.4 Å². The maximum absolute atomic E-state index is 8.85. The molecule has 0 saturated carbocycles. The van der Waals surface area contributed by atoms with Crippen LogP contribution in [0, 0.1) is 11.3 Å². The van der Waals surface area contributed by atoms with Crippen molar-refractivity contribution in [3.05, 3.63) is 0 Å². The highest BCUT2D eigenvalue weighted by Crippen LogP contribution is 2.29. The summed E-state index contributed by atoms with van der Waals surface area (Å²) in [4.78, 5) is 24.0. The number of piperazine rings is 1. The van der Waals surface area contributed by atoms with E-state index in [4.69, 9.17) is 25.0 Å². The second kappa shape index (κ2) is 9.75. The number of morpholine rings is 1. The molecule has 0 spiro atoms. The molecule has 4 rings (SSSR count). The van der Waals surface area contributed by atoms with Crippen molar-refractivity contribution in [2.24, 2.45) is 0 Å². The van der Waals surface area contributed by atoms with Gasteiger partial charge in [-0.15, -0.1) is 0 Å². The van der Waals surface area contributed by atoms with Gasteiger partial charge in [-0.1, -0.05) is 0 Å². The summed E-state index contributed by atoms with van der Waals surface area (Å²) in [6.45, 7) is 12.1. The van der Waals surface area contributed by atoms with E-state index in [1.54, 1.807) is 0 Å². The Morgan fingerprint density at radius 3 is 2.03 bits per heavy atom. The van der Waals surface area contributed by atoms with Crippen LogP contribution >= 0.6 is 0 Å². The van der Waals surface area contributed by atoms with E-state index in [0.29, 0.717) is 31.7 Å². The van der Waals surface area contributed by atoms with Crippen molar-refractivity contribution in [2.75, 3.05) is 73.7 Å². The van der Waals surface area contributed by atoms with Crippen molar-refractivity contribution in [3.8, 4) is 6.07 Å². The Hall–Kier alpha value is -2.18. The van der Waals surface area contributed by atoms with Gasteiger partial charge in [-0.05, 0) is 33.1 Å². The minimum absolute atomic E-state index is 0.435. The maximum Gasteiger partial charge on any atom is 0.232 e. The van der Waals surface area contributed by atoms with Crippen LogP contribution in [0.4, 0.5) is 17.8 Å². The molecular weight excluding hydrogens is 380 g/mol. The summed E-state index contributed by atoms with van der Waals surface area (Å²) in [5, 5.41) is 8.85. The third-order valence-corrected chi connectivity index (χ3v) is 6.51. The van der Waals surface area contributed by atoms with Crippen molar-refractivity contribution in [3.63, 3.8) is 0 Å². The number of aromatic nitrogens is 3. The number of anilines is 3. The molecule has 1 aromatic rings. The monoisotopic (exact) mass is 414 g/mol. The standard InChI is InChI=1S/C21H34N8O/c1-17-5-3-6-18(2)29(17)21-24-19(23-20(25-21)28-13-15-30-16-14-28)27-11-9-26(10-12-27)8-4-7-22/h17-18H,3-6,8-16H2,1-2H3. The van der Waals surface area contributed by atoms with Crippen molar-refractivity contribution in [1.82, 2.24) is 19.9 Å². The minimum atomic E-state index is 0.435. The van der Waals surface area contributed by atoms with E-state index < -0.39 is 0 Å². The van der Waals surface area contributed by atoms with Gasteiger partial charge in [0.1, 0.15) is 0 Å². The van der Waals surface area contributed by atoms with Crippen LogP contribution in [0.2, 0.25) is 0 Å². The molecule has 2 atom stereocenters. The van der Waals surface area contributed by atoms with Gasteiger partial charge >= 0.3 is 0 Å². The molecule has 3 aliphatic rings. The number of nitriles is 1. The van der Waals surface area contributed by atoms with E-state index >= 15 is 0 Å². The molecule has 3 saturated heterocycles. The summed E-state index contributed by atoms with van der Waals surface area (Å²) >= 11 is 0. The summed E-state index contributed by atoms with van der Waals surface area (Å²) < 4.78 is 5.53. The second-order valence-electron chi connectivity index (χ2n) is 8.61. The highest BCUT2D eigenvalue weighted by molar-refractivity contribution is 5.48. The van der Waals surface area contributed by atoms with Crippen LogP contribution in [0.3, 0.4) is 0 Å². The Bertz CT molecular complexity index is 729. The zero-order valence-electron chi connectivity index (χ0n) is 18.3. The highest BCUT2D eigenvalue weighted by Gasteiger charge is 2.30. The van der Waals surface area contributed by atoms with Crippen molar-refractivity contribution in [2.45, 2.75) is 51.6 Å². The molecule has 9 nitrogen and oxygen atoms in total. The topological polar surface area (TPSA) is 84.7 Å². The number of piperidine rings is 1. The molecule has 3 aliphatic heterocycles.